The molecule has 0 bridgehead atoms. The van der Waals surface area contributed by atoms with E-state index in [1.54, 1.807) is 6.26 Å². The van der Waals surface area contributed by atoms with Gasteiger partial charge in [0.05, 0.1) is 12.8 Å². The Kier molecular flexibility index (Phi) is 3.22. The minimum atomic E-state index is 0.630. The second-order valence-corrected chi connectivity index (χ2v) is 4.04. The van der Waals surface area contributed by atoms with Crippen molar-refractivity contribution in [1.29, 1.82) is 0 Å². The SMILES string of the molecule is CC1CCNC1CNCc1ccco1. The van der Waals surface area contributed by atoms with Gasteiger partial charge in [-0.2, -0.15) is 0 Å². The first kappa shape index (κ1) is 9.74. The van der Waals surface area contributed by atoms with Crippen molar-refractivity contribution in [3.63, 3.8) is 0 Å². The van der Waals surface area contributed by atoms with Crippen molar-refractivity contribution in [1.82, 2.24) is 10.6 Å². The molecule has 1 aliphatic heterocycles. The third-order valence-corrected chi connectivity index (χ3v) is 2.94. The first-order valence-electron chi connectivity index (χ1n) is 5.33. The standard InChI is InChI=1S/C11H18N2O/c1-9-4-5-13-11(9)8-12-7-10-3-2-6-14-10/h2-3,6,9,11-13H,4-5,7-8H2,1H3. The molecule has 0 saturated carbocycles. The molecule has 2 rings (SSSR count). The highest BCUT2D eigenvalue weighted by molar-refractivity contribution is 4.97. The minimum Gasteiger partial charge on any atom is -0.468 e. The fourth-order valence-electron chi connectivity index (χ4n) is 1.94. The normalized spacial score (nSPS) is 26.9. The van der Waals surface area contributed by atoms with E-state index in [1.807, 2.05) is 12.1 Å². The Morgan fingerprint density at radius 1 is 1.64 bits per heavy atom. The van der Waals surface area contributed by atoms with Crippen LogP contribution in [0.25, 0.3) is 0 Å². The van der Waals surface area contributed by atoms with Crippen molar-refractivity contribution < 1.29 is 4.42 Å². The van der Waals surface area contributed by atoms with E-state index in [9.17, 15) is 0 Å². The van der Waals surface area contributed by atoms with Gasteiger partial charge >= 0.3 is 0 Å². The molecule has 0 aromatic carbocycles. The van der Waals surface area contributed by atoms with Crippen LogP contribution in [0.3, 0.4) is 0 Å². The van der Waals surface area contributed by atoms with Crippen LogP contribution in [0.15, 0.2) is 22.8 Å². The van der Waals surface area contributed by atoms with E-state index in [0.717, 1.165) is 31.3 Å². The molecule has 0 spiro atoms. The Labute approximate surface area is 84.9 Å². The van der Waals surface area contributed by atoms with Gasteiger partial charge in [-0.1, -0.05) is 6.92 Å². The summed E-state index contributed by atoms with van der Waals surface area (Å²) in [5.74, 6) is 1.80. The van der Waals surface area contributed by atoms with Crippen molar-refractivity contribution >= 4 is 0 Å². The van der Waals surface area contributed by atoms with Gasteiger partial charge in [0.25, 0.3) is 0 Å². The summed E-state index contributed by atoms with van der Waals surface area (Å²) in [5.41, 5.74) is 0. The van der Waals surface area contributed by atoms with Crippen LogP contribution in [0, 0.1) is 5.92 Å². The van der Waals surface area contributed by atoms with E-state index < -0.39 is 0 Å². The molecule has 1 aromatic heterocycles. The molecule has 1 saturated heterocycles. The molecule has 2 heterocycles. The number of furan rings is 1. The lowest BCUT2D eigenvalue weighted by atomic mass is 10.0. The van der Waals surface area contributed by atoms with E-state index in [2.05, 4.69) is 17.6 Å². The number of hydrogen-bond acceptors (Lipinski definition) is 3. The third-order valence-electron chi connectivity index (χ3n) is 2.94. The maximum Gasteiger partial charge on any atom is 0.117 e. The summed E-state index contributed by atoms with van der Waals surface area (Å²) in [4.78, 5) is 0. The molecule has 1 aromatic rings. The van der Waals surface area contributed by atoms with E-state index in [1.165, 1.54) is 6.42 Å². The number of nitrogens with one attached hydrogen (secondary N) is 2. The lowest BCUT2D eigenvalue weighted by Gasteiger charge is -2.15. The van der Waals surface area contributed by atoms with Gasteiger partial charge in [-0.25, -0.2) is 0 Å². The molecule has 2 atom stereocenters. The summed E-state index contributed by atoms with van der Waals surface area (Å²) in [6, 6.07) is 4.55. The van der Waals surface area contributed by atoms with Crippen molar-refractivity contribution in [2.45, 2.75) is 25.9 Å². The average molecular weight is 194 g/mol. The molecule has 1 aliphatic rings. The summed E-state index contributed by atoms with van der Waals surface area (Å²) in [6.45, 7) is 5.33. The largest absolute Gasteiger partial charge is 0.468 e. The van der Waals surface area contributed by atoms with Crippen molar-refractivity contribution in [2.75, 3.05) is 13.1 Å². The number of rotatable bonds is 4. The van der Waals surface area contributed by atoms with Gasteiger partial charge in [0, 0.05) is 12.6 Å². The second-order valence-electron chi connectivity index (χ2n) is 4.04. The molecule has 1 fully saturated rings. The van der Waals surface area contributed by atoms with Crippen LogP contribution < -0.4 is 10.6 Å². The van der Waals surface area contributed by atoms with Crippen molar-refractivity contribution in [3.8, 4) is 0 Å². The maximum absolute atomic E-state index is 5.24. The van der Waals surface area contributed by atoms with Crippen molar-refractivity contribution in [3.05, 3.63) is 24.2 Å². The van der Waals surface area contributed by atoms with Crippen LogP contribution in [0.2, 0.25) is 0 Å². The summed E-state index contributed by atoms with van der Waals surface area (Å²) >= 11 is 0. The smallest absolute Gasteiger partial charge is 0.117 e. The molecular weight excluding hydrogens is 176 g/mol. The van der Waals surface area contributed by atoms with Crippen LogP contribution in [0.5, 0.6) is 0 Å². The molecule has 0 amide bonds. The minimum absolute atomic E-state index is 0.630. The average Bonchev–Trinajstić information content (AvgIpc) is 2.78. The van der Waals surface area contributed by atoms with Crippen molar-refractivity contribution in [2.24, 2.45) is 5.92 Å². The Hall–Kier alpha value is -0.800. The summed E-state index contributed by atoms with van der Waals surface area (Å²) in [7, 11) is 0. The quantitative estimate of drug-likeness (QED) is 0.760. The Morgan fingerprint density at radius 2 is 2.57 bits per heavy atom. The third kappa shape index (κ3) is 2.36. The highest BCUT2D eigenvalue weighted by Crippen LogP contribution is 2.13. The highest BCUT2D eigenvalue weighted by Gasteiger charge is 2.21. The zero-order chi connectivity index (χ0) is 9.80. The number of hydrogen-bond donors (Lipinski definition) is 2. The molecule has 2 unspecified atom stereocenters. The van der Waals surface area contributed by atoms with Crippen LogP contribution in [-0.2, 0) is 6.54 Å². The molecular formula is C11H18N2O. The highest BCUT2D eigenvalue weighted by atomic mass is 16.3. The van der Waals surface area contributed by atoms with Gasteiger partial charge in [0.2, 0.25) is 0 Å². The lowest BCUT2D eigenvalue weighted by molar-refractivity contribution is 0.425. The molecule has 0 radical (unpaired) electrons. The fourth-order valence-corrected chi connectivity index (χ4v) is 1.94. The van der Waals surface area contributed by atoms with Gasteiger partial charge in [-0.15, -0.1) is 0 Å². The van der Waals surface area contributed by atoms with E-state index in [0.29, 0.717) is 6.04 Å². The zero-order valence-corrected chi connectivity index (χ0v) is 8.62. The van der Waals surface area contributed by atoms with E-state index in [4.69, 9.17) is 4.42 Å². The van der Waals surface area contributed by atoms with Crippen LogP contribution >= 0.6 is 0 Å². The van der Waals surface area contributed by atoms with Gasteiger partial charge in [0.1, 0.15) is 5.76 Å². The van der Waals surface area contributed by atoms with E-state index in [-0.39, 0.29) is 0 Å². The zero-order valence-electron chi connectivity index (χ0n) is 8.62. The topological polar surface area (TPSA) is 37.2 Å². The van der Waals surface area contributed by atoms with Crippen LogP contribution in [-0.4, -0.2) is 19.1 Å². The summed E-state index contributed by atoms with van der Waals surface area (Å²) in [6.07, 6.45) is 3.01. The Morgan fingerprint density at radius 3 is 3.21 bits per heavy atom. The van der Waals surface area contributed by atoms with Gasteiger partial charge in [-0.05, 0) is 31.0 Å². The predicted octanol–water partition coefficient (Wildman–Crippen LogP) is 1.37. The Balaban J connectivity index is 1.68. The molecule has 3 nitrogen and oxygen atoms in total. The molecule has 3 heteroatoms. The summed E-state index contributed by atoms with van der Waals surface area (Å²) in [5, 5.41) is 6.90. The van der Waals surface area contributed by atoms with Gasteiger partial charge in [0.15, 0.2) is 0 Å². The first-order chi connectivity index (χ1) is 6.86. The van der Waals surface area contributed by atoms with Crippen LogP contribution in [0.1, 0.15) is 19.1 Å². The van der Waals surface area contributed by atoms with Gasteiger partial charge < -0.3 is 15.1 Å². The maximum atomic E-state index is 5.24. The van der Waals surface area contributed by atoms with Crippen LogP contribution in [0.4, 0.5) is 0 Å². The summed E-state index contributed by atoms with van der Waals surface area (Å²) < 4.78 is 5.24. The fraction of sp³-hybridized carbons (Fsp3) is 0.636. The molecule has 78 valence electrons. The molecule has 2 N–H and O–H groups in total. The molecule has 0 aliphatic carbocycles. The Bertz CT molecular complexity index is 258. The van der Waals surface area contributed by atoms with Gasteiger partial charge in [-0.3, -0.25) is 0 Å². The monoisotopic (exact) mass is 194 g/mol. The lowest BCUT2D eigenvalue weighted by Crippen LogP contribution is -2.36. The van der Waals surface area contributed by atoms with E-state index >= 15 is 0 Å². The first-order valence-corrected chi connectivity index (χ1v) is 5.33. The molecule has 14 heavy (non-hydrogen) atoms. The predicted molar refractivity (Wildman–Crippen MR) is 56.0 cm³/mol. The second kappa shape index (κ2) is 4.62.